The first kappa shape index (κ1) is 11.0. The Bertz CT molecular complexity index is 147. The summed E-state index contributed by atoms with van der Waals surface area (Å²) < 4.78 is 5.59. The molecule has 13 heavy (non-hydrogen) atoms. The second kappa shape index (κ2) is 4.97. The normalized spacial score (nSPS) is 31.2. The zero-order chi connectivity index (χ0) is 9.84. The van der Waals surface area contributed by atoms with Gasteiger partial charge in [0.2, 0.25) is 0 Å². The van der Waals surface area contributed by atoms with Crippen LogP contribution in [0.5, 0.6) is 0 Å². The van der Waals surface area contributed by atoms with E-state index in [1.54, 1.807) is 0 Å². The number of ether oxygens (including phenoxy) is 1. The predicted molar refractivity (Wildman–Crippen MR) is 55.8 cm³/mol. The van der Waals surface area contributed by atoms with Crippen molar-refractivity contribution in [2.45, 2.75) is 45.8 Å². The van der Waals surface area contributed by atoms with Crippen molar-refractivity contribution >= 4 is 0 Å². The van der Waals surface area contributed by atoms with Crippen LogP contribution in [-0.2, 0) is 4.74 Å². The molecule has 0 amide bonds. The van der Waals surface area contributed by atoms with E-state index in [0.29, 0.717) is 12.1 Å². The Morgan fingerprint density at radius 2 is 2.15 bits per heavy atom. The van der Waals surface area contributed by atoms with Gasteiger partial charge in [0.1, 0.15) is 0 Å². The van der Waals surface area contributed by atoms with Gasteiger partial charge in [0, 0.05) is 12.0 Å². The summed E-state index contributed by atoms with van der Waals surface area (Å²) in [5, 5.41) is 3.42. The van der Waals surface area contributed by atoms with E-state index in [1.807, 2.05) is 0 Å². The van der Waals surface area contributed by atoms with E-state index in [1.165, 1.54) is 12.8 Å². The van der Waals surface area contributed by atoms with E-state index < -0.39 is 0 Å². The van der Waals surface area contributed by atoms with Crippen LogP contribution in [0.2, 0.25) is 0 Å². The third-order valence-corrected chi connectivity index (χ3v) is 2.89. The highest BCUT2D eigenvalue weighted by atomic mass is 16.5. The molecule has 0 aromatic rings. The molecule has 0 radical (unpaired) electrons. The smallest absolute Gasteiger partial charge is 0.0551 e. The first-order valence-corrected chi connectivity index (χ1v) is 5.42. The molecule has 0 bridgehead atoms. The minimum absolute atomic E-state index is 0.466. The third kappa shape index (κ3) is 3.28. The van der Waals surface area contributed by atoms with E-state index in [4.69, 9.17) is 4.74 Å². The van der Waals surface area contributed by atoms with Gasteiger partial charge in [-0.25, -0.2) is 0 Å². The van der Waals surface area contributed by atoms with Crippen molar-refractivity contribution in [3.05, 3.63) is 0 Å². The highest BCUT2D eigenvalue weighted by Crippen LogP contribution is 2.25. The zero-order valence-corrected chi connectivity index (χ0v) is 9.34. The molecule has 2 heteroatoms. The molecule has 1 aliphatic rings. The Hall–Kier alpha value is -0.0800. The van der Waals surface area contributed by atoms with Gasteiger partial charge in [-0.3, -0.25) is 0 Å². The first-order chi connectivity index (χ1) is 6.13. The third-order valence-electron chi connectivity index (χ3n) is 2.89. The summed E-state index contributed by atoms with van der Waals surface area (Å²) in [5.41, 5.74) is 0. The van der Waals surface area contributed by atoms with Gasteiger partial charge < -0.3 is 10.1 Å². The lowest BCUT2D eigenvalue weighted by molar-refractivity contribution is 0.116. The lowest BCUT2D eigenvalue weighted by Gasteiger charge is -2.23. The van der Waals surface area contributed by atoms with Crippen LogP contribution in [0.1, 0.15) is 33.6 Å². The molecule has 1 fully saturated rings. The fourth-order valence-corrected chi connectivity index (χ4v) is 2.18. The highest BCUT2D eigenvalue weighted by Gasteiger charge is 2.28. The Balaban J connectivity index is 2.37. The molecule has 1 aliphatic heterocycles. The van der Waals surface area contributed by atoms with Crippen LogP contribution in [0, 0.1) is 11.8 Å². The first-order valence-electron chi connectivity index (χ1n) is 5.42. The van der Waals surface area contributed by atoms with Gasteiger partial charge in [0.05, 0.1) is 12.7 Å². The second-order valence-electron chi connectivity index (χ2n) is 4.66. The van der Waals surface area contributed by atoms with E-state index >= 15 is 0 Å². The maximum Gasteiger partial charge on any atom is 0.0551 e. The number of hydrogen-bond donors (Lipinski definition) is 1. The van der Waals surface area contributed by atoms with Crippen molar-refractivity contribution in [2.75, 3.05) is 13.7 Å². The SMILES string of the molecule is CNC(CC(C)C)C1COC(C)C1. The molecule has 1 saturated heterocycles. The molecule has 1 N–H and O–H groups in total. The standard InChI is InChI=1S/C11H23NO/c1-8(2)5-11(12-4)10-6-9(3)13-7-10/h8-12H,5-7H2,1-4H3. The Kier molecular flexibility index (Phi) is 4.20. The van der Waals surface area contributed by atoms with Crippen LogP contribution in [0.15, 0.2) is 0 Å². The summed E-state index contributed by atoms with van der Waals surface area (Å²) in [5.74, 6) is 1.50. The number of hydrogen-bond acceptors (Lipinski definition) is 2. The van der Waals surface area contributed by atoms with Gasteiger partial charge in [-0.15, -0.1) is 0 Å². The van der Waals surface area contributed by atoms with Gasteiger partial charge in [-0.05, 0) is 32.7 Å². The van der Waals surface area contributed by atoms with Crippen molar-refractivity contribution in [1.82, 2.24) is 5.32 Å². The molecular formula is C11H23NO. The van der Waals surface area contributed by atoms with Gasteiger partial charge in [-0.2, -0.15) is 0 Å². The minimum Gasteiger partial charge on any atom is -0.378 e. The van der Waals surface area contributed by atoms with E-state index in [9.17, 15) is 0 Å². The molecule has 78 valence electrons. The maximum atomic E-state index is 5.59. The largest absolute Gasteiger partial charge is 0.378 e. The minimum atomic E-state index is 0.466. The van der Waals surface area contributed by atoms with E-state index in [-0.39, 0.29) is 0 Å². The zero-order valence-electron chi connectivity index (χ0n) is 9.34. The molecule has 3 unspecified atom stereocenters. The number of rotatable bonds is 4. The van der Waals surface area contributed by atoms with Gasteiger partial charge in [-0.1, -0.05) is 13.8 Å². The molecule has 3 atom stereocenters. The molecule has 0 aliphatic carbocycles. The average Bonchev–Trinajstić information content (AvgIpc) is 2.47. The Morgan fingerprint density at radius 3 is 2.54 bits per heavy atom. The summed E-state index contributed by atoms with van der Waals surface area (Å²) in [6.07, 6.45) is 2.95. The van der Waals surface area contributed by atoms with Crippen molar-refractivity contribution in [2.24, 2.45) is 11.8 Å². The van der Waals surface area contributed by atoms with Crippen molar-refractivity contribution in [3.8, 4) is 0 Å². The summed E-state index contributed by atoms with van der Waals surface area (Å²) >= 11 is 0. The monoisotopic (exact) mass is 185 g/mol. The molecular weight excluding hydrogens is 162 g/mol. The fourth-order valence-electron chi connectivity index (χ4n) is 2.18. The lowest BCUT2D eigenvalue weighted by atomic mass is 9.90. The fraction of sp³-hybridized carbons (Fsp3) is 1.00. The van der Waals surface area contributed by atoms with Gasteiger partial charge in [0.25, 0.3) is 0 Å². The quantitative estimate of drug-likeness (QED) is 0.723. The topological polar surface area (TPSA) is 21.3 Å². The summed E-state index contributed by atoms with van der Waals surface area (Å²) in [6.45, 7) is 7.68. The van der Waals surface area contributed by atoms with Crippen molar-refractivity contribution in [1.29, 1.82) is 0 Å². The van der Waals surface area contributed by atoms with Crippen molar-refractivity contribution < 1.29 is 4.74 Å². The molecule has 1 heterocycles. The molecule has 0 spiro atoms. The summed E-state index contributed by atoms with van der Waals surface area (Å²) in [4.78, 5) is 0. The predicted octanol–water partition coefficient (Wildman–Crippen LogP) is 2.05. The lowest BCUT2D eigenvalue weighted by Crippen LogP contribution is -2.35. The van der Waals surface area contributed by atoms with Crippen LogP contribution in [0.4, 0.5) is 0 Å². The van der Waals surface area contributed by atoms with Crippen LogP contribution in [0.25, 0.3) is 0 Å². The van der Waals surface area contributed by atoms with Crippen LogP contribution >= 0.6 is 0 Å². The molecule has 1 rings (SSSR count). The van der Waals surface area contributed by atoms with Crippen LogP contribution in [0.3, 0.4) is 0 Å². The van der Waals surface area contributed by atoms with Crippen LogP contribution in [-0.4, -0.2) is 25.8 Å². The molecule has 0 aromatic carbocycles. The Labute approximate surface area is 82.0 Å². The van der Waals surface area contributed by atoms with Gasteiger partial charge >= 0.3 is 0 Å². The number of nitrogens with one attached hydrogen (secondary N) is 1. The summed E-state index contributed by atoms with van der Waals surface area (Å²) in [7, 11) is 2.07. The summed E-state index contributed by atoms with van der Waals surface area (Å²) in [6, 6.07) is 0.643. The second-order valence-corrected chi connectivity index (χ2v) is 4.66. The molecule has 2 nitrogen and oxygen atoms in total. The Morgan fingerprint density at radius 1 is 1.46 bits per heavy atom. The van der Waals surface area contributed by atoms with Gasteiger partial charge in [0.15, 0.2) is 0 Å². The maximum absolute atomic E-state index is 5.59. The highest BCUT2D eigenvalue weighted by molar-refractivity contribution is 4.81. The van der Waals surface area contributed by atoms with Crippen LogP contribution < -0.4 is 5.32 Å². The van der Waals surface area contributed by atoms with E-state index in [2.05, 4.69) is 33.1 Å². The van der Waals surface area contributed by atoms with E-state index in [0.717, 1.165) is 18.4 Å². The van der Waals surface area contributed by atoms with Crippen molar-refractivity contribution in [3.63, 3.8) is 0 Å². The molecule has 0 saturated carbocycles. The molecule has 0 aromatic heterocycles. The average molecular weight is 185 g/mol.